The molecule has 7 nitrogen and oxygen atoms in total. The Labute approximate surface area is 181 Å². The summed E-state index contributed by atoms with van der Waals surface area (Å²) in [6, 6.07) is 13.3. The van der Waals surface area contributed by atoms with Crippen LogP contribution in [0.1, 0.15) is 23.6 Å². The fourth-order valence-corrected chi connectivity index (χ4v) is 4.37. The van der Waals surface area contributed by atoms with Crippen molar-refractivity contribution >= 4 is 21.8 Å². The van der Waals surface area contributed by atoms with Crippen LogP contribution in [0.4, 0.5) is 4.39 Å². The van der Waals surface area contributed by atoms with Crippen LogP contribution in [-0.2, 0) is 32.7 Å². The average molecular weight is 448 g/mol. The molecule has 1 fully saturated rings. The summed E-state index contributed by atoms with van der Waals surface area (Å²) in [6.07, 6.45) is 1.02. The Morgan fingerprint density at radius 3 is 2.26 bits per heavy atom. The molecule has 1 saturated heterocycles. The summed E-state index contributed by atoms with van der Waals surface area (Å²) in [5.41, 5.74) is 1.18. The molecule has 2 aromatic carbocycles. The van der Waals surface area contributed by atoms with Crippen LogP contribution in [0.5, 0.6) is 0 Å². The Kier molecular flexibility index (Phi) is 6.47. The van der Waals surface area contributed by atoms with Gasteiger partial charge in [-0.05, 0) is 37.1 Å². The van der Waals surface area contributed by atoms with Gasteiger partial charge in [-0.25, -0.2) is 12.8 Å². The molecule has 1 unspecified atom stereocenters. The number of benzene rings is 2. The lowest BCUT2D eigenvalue weighted by molar-refractivity contribution is -0.153. The van der Waals surface area contributed by atoms with E-state index in [4.69, 9.17) is 0 Å². The number of sulfonamides is 1. The second kappa shape index (κ2) is 8.76. The van der Waals surface area contributed by atoms with Gasteiger partial charge >= 0.3 is 0 Å². The van der Waals surface area contributed by atoms with Gasteiger partial charge in [-0.3, -0.25) is 9.59 Å². The van der Waals surface area contributed by atoms with E-state index >= 15 is 0 Å². The molecule has 2 aromatic rings. The normalized spacial score (nSPS) is 20.0. The van der Waals surface area contributed by atoms with E-state index < -0.39 is 27.4 Å². The Morgan fingerprint density at radius 1 is 1.10 bits per heavy atom. The highest BCUT2D eigenvalue weighted by Crippen LogP contribution is 2.27. The fraction of sp³-hybridized carbons (Fsp3) is 0.364. The number of aryl methyl sites for hydroxylation is 1. The number of hydrogen-bond donors (Lipinski definition) is 1. The molecule has 1 aliphatic rings. The second-order valence-corrected chi connectivity index (χ2v) is 10.1. The first-order chi connectivity index (χ1) is 14.5. The molecule has 0 bridgehead atoms. The van der Waals surface area contributed by atoms with Gasteiger partial charge in [0.15, 0.2) is 0 Å². The van der Waals surface area contributed by atoms with Crippen LogP contribution >= 0.6 is 0 Å². The lowest BCUT2D eigenvalue weighted by Crippen LogP contribution is -2.69. The van der Waals surface area contributed by atoms with E-state index in [0.29, 0.717) is 5.56 Å². The molecule has 0 radical (unpaired) electrons. The van der Waals surface area contributed by atoms with Crippen LogP contribution in [-0.4, -0.2) is 54.3 Å². The molecule has 0 aliphatic carbocycles. The van der Waals surface area contributed by atoms with Crippen molar-refractivity contribution in [1.82, 2.24) is 14.5 Å². The third-order valence-corrected chi connectivity index (χ3v) is 6.67. The van der Waals surface area contributed by atoms with Gasteiger partial charge in [0.05, 0.1) is 12.8 Å². The molecule has 1 heterocycles. The van der Waals surface area contributed by atoms with Crippen LogP contribution in [0.25, 0.3) is 0 Å². The van der Waals surface area contributed by atoms with Gasteiger partial charge in [0.2, 0.25) is 21.8 Å². The summed E-state index contributed by atoms with van der Waals surface area (Å²) in [5.74, 6) is -1.31. The molecule has 31 heavy (non-hydrogen) atoms. The van der Waals surface area contributed by atoms with Gasteiger partial charge in [-0.1, -0.05) is 42.0 Å². The minimum Gasteiger partial charge on any atom is -0.350 e. The first-order valence-corrected chi connectivity index (χ1v) is 11.7. The maximum absolute atomic E-state index is 13.2. The minimum atomic E-state index is -3.67. The second-order valence-electron chi connectivity index (χ2n) is 8.08. The molecular formula is C22H26FN3O4S. The van der Waals surface area contributed by atoms with Crippen molar-refractivity contribution in [3.63, 3.8) is 0 Å². The summed E-state index contributed by atoms with van der Waals surface area (Å²) >= 11 is 0. The maximum atomic E-state index is 13.2. The SMILES string of the molecule is Cc1ccc(CN2C(=O)CN(S(C)(=O)=O)CC2(C)C(=O)NCc2ccc(F)cc2)cc1. The number of nitrogens with one attached hydrogen (secondary N) is 1. The summed E-state index contributed by atoms with van der Waals surface area (Å²) in [6.45, 7) is 3.35. The molecule has 1 atom stereocenters. The van der Waals surface area contributed by atoms with Crippen LogP contribution in [0.2, 0.25) is 0 Å². The number of nitrogens with zero attached hydrogens (tertiary/aromatic N) is 2. The minimum absolute atomic E-state index is 0.125. The molecule has 0 spiro atoms. The van der Waals surface area contributed by atoms with Gasteiger partial charge in [-0.2, -0.15) is 4.31 Å². The molecule has 0 aromatic heterocycles. The van der Waals surface area contributed by atoms with Crippen LogP contribution in [0.15, 0.2) is 48.5 Å². The fourth-order valence-electron chi connectivity index (χ4n) is 3.54. The highest BCUT2D eigenvalue weighted by Gasteiger charge is 2.49. The van der Waals surface area contributed by atoms with Crippen molar-refractivity contribution in [3.8, 4) is 0 Å². The number of hydrogen-bond acceptors (Lipinski definition) is 4. The van der Waals surface area contributed by atoms with E-state index in [1.807, 2.05) is 31.2 Å². The molecule has 2 amide bonds. The van der Waals surface area contributed by atoms with Gasteiger partial charge in [0.1, 0.15) is 11.4 Å². The Morgan fingerprint density at radius 2 is 1.68 bits per heavy atom. The predicted molar refractivity (Wildman–Crippen MR) is 115 cm³/mol. The van der Waals surface area contributed by atoms with E-state index in [-0.39, 0.29) is 32.0 Å². The summed E-state index contributed by atoms with van der Waals surface area (Å²) < 4.78 is 38.4. The van der Waals surface area contributed by atoms with Crippen molar-refractivity contribution < 1.29 is 22.4 Å². The maximum Gasteiger partial charge on any atom is 0.247 e. The Bertz CT molecular complexity index is 1070. The molecule has 1 N–H and O–H groups in total. The quantitative estimate of drug-likeness (QED) is 0.732. The number of amides is 2. The zero-order chi connectivity index (χ0) is 22.8. The number of piperazine rings is 1. The van der Waals surface area contributed by atoms with Crippen molar-refractivity contribution in [2.24, 2.45) is 0 Å². The lowest BCUT2D eigenvalue weighted by atomic mass is 9.94. The highest BCUT2D eigenvalue weighted by atomic mass is 32.2. The zero-order valence-electron chi connectivity index (χ0n) is 17.8. The van der Waals surface area contributed by atoms with E-state index in [2.05, 4.69) is 5.32 Å². The van der Waals surface area contributed by atoms with Crippen molar-refractivity contribution in [1.29, 1.82) is 0 Å². The molecule has 3 rings (SSSR count). The highest BCUT2D eigenvalue weighted by molar-refractivity contribution is 7.88. The largest absolute Gasteiger partial charge is 0.350 e. The smallest absolute Gasteiger partial charge is 0.247 e. The van der Waals surface area contributed by atoms with Crippen LogP contribution in [0, 0.1) is 12.7 Å². The zero-order valence-corrected chi connectivity index (χ0v) is 18.6. The van der Waals surface area contributed by atoms with Crippen molar-refractivity contribution in [3.05, 3.63) is 71.0 Å². The first-order valence-electron chi connectivity index (χ1n) is 9.83. The first kappa shape index (κ1) is 22.9. The average Bonchev–Trinajstić information content (AvgIpc) is 2.70. The van der Waals surface area contributed by atoms with Gasteiger partial charge in [0.25, 0.3) is 0 Å². The molecular weight excluding hydrogens is 421 g/mol. The Balaban J connectivity index is 1.87. The van der Waals surface area contributed by atoms with Crippen LogP contribution < -0.4 is 5.32 Å². The summed E-state index contributed by atoms with van der Waals surface area (Å²) in [7, 11) is -3.67. The standard InChI is InChI=1S/C22H26FN3O4S/c1-16-4-6-18(7-5-16)13-26-20(27)14-25(31(3,29)30)15-22(26,2)21(28)24-12-17-8-10-19(23)11-9-17/h4-11H,12-15H2,1-3H3,(H,24,28). The molecule has 0 saturated carbocycles. The van der Waals surface area contributed by atoms with Gasteiger partial charge < -0.3 is 10.2 Å². The van der Waals surface area contributed by atoms with Gasteiger partial charge in [0, 0.05) is 19.6 Å². The summed E-state index contributed by atoms with van der Waals surface area (Å²) in [4.78, 5) is 27.6. The number of halogens is 1. The van der Waals surface area contributed by atoms with Crippen LogP contribution in [0.3, 0.4) is 0 Å². The van der Waals surface area contributed by atoms with E-state index in [0.717, 1.165) is 21.7 Å². The molecule has 166 valence electrons. The number of carbonyl (C=O) groups is 2. The van der Waals surface area contributed by atoms with E-state index in [1.54, 1.807) is 19.1 Å². The summed E-state index contributed by atoms with van der Waals surface area (Å²) in [5, 5.41) is 2.77. The number of carbonyl (C=O) groups excluding carboxylic acids is 2. The van der Waals surface area contributed by atoms with E-state index in [1.165, 1.54) is 17.0 Å². The molecule has 1 aliphatic heterocycles. The number of rotatable bonds is 6. The molecule has 9 heteroatoms. The topological polar surface area (TPSA) is 86.8 Å². The monoisotopic (exact) mass is 447 g/mol. The third-order valence-electron chi connectivity index (χ3n) is 5.48. The van der Waals surface area contributed by atoms with Crippen molar-refractivity contribution in [2.45, 2.75) is 32.5 Å². The Hall–Kier alpha value is -2.78. The van der Waals surface area contributed by atoms with E-state index in [9.17, 15) is 22.4 Å². The predicted octanol–water partition coefficient (Wildman–Crippen LogP) is 1.81. The third kappa shape index (κ3) is 5.29. The lowest BCUT2D eigenvalue weighted by Gasteiger charge is -2.46. The van der Waals surface area contributed by atoms with Crippen molar-refractivity contribution in [2.75, 3.05) is 19.3 Å². The van der Waals surface area contributed by atoms with Gasteiger partial charge in [-0.15, -0.1) is 0 Å².